The number of hydrogen-bond acceptors (Lipinski definition) is 4. The molecular weight excluding hydrogens is 364 g/mol. The molecule has 1 aromatic heterocycles. The van der Waals surface area contributed by atoms with Gasteiger partial charge in [0.2, 0.25) is 0 Å². The second-order valence-electron chi connectivity index (χ2n) is 7.98. The van der Waals surface area contributed by atoms with Gasteiger partial charge in [-0.3, -0.25) is 9.69 Å². The van der Waals surface area contributed by atoms with Gasteiger partial charge in [0.05, 0.1) is 0 Å². The number of rotatable bonds is 4. The predicted molar refractivity (Wildman–Crippen MR) is 99.7 cm³/mol. The summed E-state index contributed by atoms with van der Waals surface area (Å²) in [5, 5.41) is 0. The number of likely N-dealkylation sites (tertiary alicyclic amines) is 2. The molecule has 0 radical (unpaired) electrons. The number of nitrogens with zero attached hydrogens (tertiary/aromatic N) is 3. The summed E-state index contributed by atoms with van der Waals surface area (Å²) >= 11 is 0. The Morgan fingerprint density at radius 1 is 1.25 bits per heavy atom. The number of halogens is 2. The summed E-state index contributed by atoms with van der Waals surface area (Å²) in [5.41, 5.74) is 0.806. The van der Waals surface area contributed by atoms with Crippen LogP contribution in [-0.2, 0) is 13.0 Å². The number of aromatic nitrogens is 1. The van der Waals surface area contributed by atoms with Gasteiger partial charge < -0.3 is 9.32 Å². The van der Waals surface area contributed by atoms with E-state index in [0.717, 1.165) is 38.4 Å². The van der Waals surface area contributed by atoms with Crippen LogP contribution in [0.2, 0.25) is 0 Å². The molecule has 3 heterocycles. The van der Waals surface area contributed by atoms with Gasteiger partial charge in [0, 0.05) is 43.6 Å². The zero-order valence-electron chi connectivity index (χ0n) is 16.1. The molecule has 2 fully saturated rings. The Hall–Kier alpha value is -2.28. The highest BCUT2D eigenvalue weighted by Gasteiger charge is 2.43. The van der Waals surface area contributed by atoms with Crippen LogP contribution in [0.15, 0.2) is 29.0 Å². The van der Waals surface area contributed by atoms with Gasteiger partial charge in [0.25, 0.3) is 5.91 Å². The van der Waals surface area contributed by atoms with Crippen LogP contribution >= 0.6 is 0 Å². The number of hydrogen-bond donors (Lipinski definition) is 0. The van der Waals surface area contributed by atoms with Crippen molar-refractivity contribution in [3.63, 3.8) is 0 Å². The molecule has 150 valence electrons. The molecule has 4 rings (SSSR count). The summed E-state index contributed by atoms with van der Waals surface area (Å²) in [7, 11) is 0. The molecular formula is C21H25F2N3O2. The second-order valence-corrected chi connectivity index (χ2v) is 7.98. The summed E-state index contributed by atoms with van der Waals surface area (Å²) in [5.74, 6) is -1.02. The lowest BCUT2D eigenvalue weighted by Gasteiger charge is -2.40. The fourth-order valence-corrected chi connectivity index (χ4v) is 4.64. The predicted octanol–water partition coefficient (Wildman–Crippen LogP) is 3.64. The molecule has 2 aliphatic heterocycles. The summed E-state index contributed by atoms with van der Waals surface area (Å²) in [6.45, 7) is 5.33. The minimum absolute atomic E-state index is 0.00776. The van der Waals surface area contributed by atoms with Gasteiger partial charge in [0.15, 0.2) is 23.7 Å². The quantitative estimate of drug-likeness (QED) is 0.801. The van der Waals surface area contributed by atoms with Crippen molar-refractivity contribution in [3.05, 3.63) is 53.2 Å². The van der Waals surface area contributed by atoms with E-state index in [1.807, 2.05) is 11.8 Å². The molecule has 0 aliphatic carbocycles. The maximum atomic E-state index is 14.1. The van der Waals surface area contributed by atoms with Crippen LogP contribution in [0.25, 0.3) is 0 Å². The smallest absolute Gasteiger partial charge is 0.276 e. The maximum absolute atomic E-state index is 14.1. The number of carbonyl (C=O) groups excluding carboxylic acids is 1. The number of carbonyl (C=O) groups is 1. The molecule has 2 aromatic rings. The second kappa shape index (κ2) is 7.62. The highest BCUT2D eigenvalue weighted by molar-refractivity contribution is 5.93. The number of piperidine rings is 1. The first-order valence-electron chi connectivity index (χ1n) is 9.88. The Bertz CT molecular complexity index is 869. The van der Waals surface area contributed by atoms with Crippen molar-refractivity contribution in [1.29, 1.82) is 0 Å². The van der Waals surface area contributed by atoms with E-state index in [1.54, 1.807) is 12.1 Å². The zero-order chi connectivity index (χ0) is 19.7. The molecule has 0 N–H and O–H groups in total. The van der Waals surface area contributed by atoms with Crippen molar-refractivity contribution in [2.24, 2.45) is 5.41 Å². The Balaban J connectivity index is 1.44. The Morgan fingerprint density at radius 2 is 2.11 bits per heavy atom. The molecule has 0 saturated carbocycles. The van der Waals surface area contributed by atoms with Gasteiger partial charge in [-0.15, -0.1) is 0 Å². The molecule has 2 aliphatic rings. The van der Waals surface area contributed by atoms with Crippen molar-refractivity contribution in [1.82, 2.24) is 14.8 Å². The van der Waals surface area contributed by atoms with Crippen molar-refractivity contribution < 1.29 is 18.0 Å². The largest absolute Gasteiger partial charge is 0.448 e. The van der Waals surface area contributed by atoms with E-state index in [1.165, 1.54) is 6.39 Å². The first kappa shape index (κ1) is 19.1. The molecule has 2 saturated heterocycles. The SMILES string of the molecule is CCc1ocnc1C(=O)N1CC[C@@]2(CCCN(Cc3cccc(F)c3F)C2)C1. The Labute approximate surface area is 163 Å². The lowest BCUT2D eigenvalue weighted by atomic mass is 9.79. The van der Waals surface area contributed by atoms with Crippen LogP contribution in [0, 0.1) is 17.0 Å². The lowest BCUT2D eigenvalue weighted by Crippen LogP contribution is -2.45. The van der Waals surface area contributed by atoms with E-state index in [2.05, 4.69) is 9.88 Å². The number of aryl methyl sites for hydroxylation is 1. The summed E-state index contributed by atoms with van der Waals surface area (Å²) in [4.78, 5) is 21.0. The number of amides is 1. The molecule has 1 amide bonds. The van der Waals surface area contributed by atoms with E-state index >= 15 is 0 Å². The third-order valence-electron chi connectivity index (χ3n) is 6.06. The molecule has 0 unspecified atom stereocenters. The van der Waals surface area contributed by atoms with E-state index < -0.39 is 11.6 Å². The summed E-state index contributed by atoms with van der Waals surface area (Å²) in [6, 6.07) is 4.33. The third-order valence-corrected chi connectivity index (χ3v) is 6.06. The Kier molecular flexibility index (Phi) is 5.19. The minimum Gasteiger partial charge on any atom is -0.448 e. The molecule has 0 bridgehead atoms. The van der Waals surface area contributed by atoms with E-state index in [0.29, 0.717) is 43.1 Å². The molecule has 1 aromatic carbocycles. The first-order valence-corrected chi connectivity index (χ1v) is 9.88. The van der Waals surface area contributed by atoms with Crippen LogP contribution in [0.4, 0.5) is 8.78 Å². The van der Waals surface area contributed by atoms with Gasteiger partial charge in [-0.2, -0.15) is 0 Å². The highest BCUT2D eigenvalue weighted by Crippen LogP contribution is 2.40. The van der Waals surface area contributed by atoms with Gasteiger partial charge in [-0.25, -0.2) is 13.8 Å². The summed E-state index contributed by atoms with van der Waals surface area (Å²) in [6.07, 6.45) is 4.91. The van der Waals surface area contributed by atoms with E-state index in [4.69, 9.17) is 4.42 Å². The van der Waals surface area contributed by atoms with E-state index in [9.17, 15) is 13.6 Å². The van der Waals surface area contributed by atoms with Crippen molar-refractivity contribution in [2.75, 3.05) is 26.2 Å². The molecule has 1 spiro atoms. The topological polar surface area (TPSA) is 49.6 Å². The van der Waals surface area contributed by atoms with Gasteiger partial charge >= 0.3 is 0 Å². The van der Waals surface area contributed by atoms with Crippen molar-refractivity contribution in [2.45, 2.75) is 39.2 Å². The third kappa shape index (κ3) is 3.55. The summed E-state index contributed by atoms with van der Waals surface area (Å²) < 4.78 is 32.9. The fourth-order valence-electron chi connectivity index (χ4n) is 4.64. The van der Waals surface area contributed by atoms with Crippen molar-refractivity contribution >= 4 is 5.91 Å². The monoisotopic (exact) mass is 389 g/mol. The van der Waals surface area contributed by atoms with Crippen LogP contribution < -0.4 is 0 Å². The van der Waals surface area contributed by atoms with Gasteiger partial charge in [0.1, 0.15) is 5.76 Å². The highest BCUT2D eigenvalue weighted by atomic mass is 19.2. The van der Waals surface area contributed by atoms with Gasteiger partial charge in [-0.1, -0.05) is 19.1 Å². The molecule has 1 atom stereocenters. The number of benzene rings is 1. The Morgan fingerprint density at radius 3 is 2.93 bits per heavy atom. The molecule has 28 heavy (non-hydrogen) atoms. The zero-order valence-corrected chi connectivity index (χ0v) is 16.1. The molecule has 5 nitrogen and oxygen atoms in total. The van der Waals surface area contributed by atoms with E-state index in [-0.39, 0.29) is 11.3 Å². The average Bonchev–Trinajstić information content (AvgIpc) is 3.32. The van der Waals surface area contributed by atoms with Crippen LogP contribution in [0.1, 0.15) is 48.0 Å². The average molecular weight is 389 g/mol. The lowest BCUT2D eigenvalue weighted by molar-refractivity contribution is 0.0667. The normalized spacial score (nSPS) is 22.9. The van der Waals surface area contributed by atoms with Crippen LogP contribution in [0.5, 0.6) is 0 Å². The first-order chi connectivity index (χ1) is 13.5. The van der Waals surface area contributed by atoms with Crippen LogP contribution in [0.3, 0.4) is 0 Å². The fraction of sp³-hybridized carbons (Fsp3) is 0.524. The minimum atomic E-state index is -0.804. The van der Waals surface area contributed by atoms with Crippen molar-refractivity contribution in [3.8, 4) is 0 Å². The number of oxazole rings is 1. The van der Waals surface area contributed by atoms with Gasteiger partial charge in [-0.05, 0) is 31.9 Å². The molecule has 7 heteroatoms. The standard InChI is InChI=1S/C21H25F2N3O2/c1-2-17-19(24-14-28-17)20(27)26-10-8-21(13-26)7-4-9-25(12-21)11-15-5-3-6-16(22)18(15)23/h3,5-6,14H,2,4,7-13H2,1H3/t21-/m1/s1. The maximum Gasteiger partial charge on any atom is 0.276 e. The van der Waals surface area contributed by atoms with Crippen LogP contribution in [-0.4, -0.2) is 46.9 Å².